The molecule has 3 heteroatoms. The Morgan fingerprint density at radius 1 is 1.28 bits per heavy atom. The summed E-state index contributed by atoms with van der Waals surface area (Å²) in [5.41, 5.74) is 0. The van der Waals surface area contributed by atoms with E-state index in [0.29, 0.717) is 19.2 Å². The highest BCUT2D eigenvalue weighted by molar-refractivity contribution is 4.86. The van der Waals surface area contributed by atoms with Gasteiger partial charge in [-0.05, 0) is 43.4 Å². The van der Waals surface area contributed by atoms with Gasteiger partial charge in [0.1, 0.15) is 0 Å². The van der Waals surface area contributed by atoms with Crippen molar-refractivity contribution in [3.05, 3.63) is 0 Å². The Hall–Kier alpha value is -0.120. The third kappa shape index (κ3) is 4.22. The number of nitrogens with one attached hydrogen (secondary N) is 1. The molecule has 2 rings (SSSR count). The molecule has 18 heavy (non-hydrogen) atoms. The number of aliphatic hydroxyl groups is 1. The minimum absolute atomic E-state index is 0.350. The summed E-state index contributed by atoms with van der Waals surface area (Å²) in [5, 5.41) is 13.4. The van der Waals surface area contributed by atoms with E-state index in [2.05, 4.69) is 19.2 Å². The topological polar surface area (TPSA) is 41.5 Å². The number of rotatable bonds is 8. The van der Waals surface area contributed by atoms with Gasteiger partial charge in [-0.25, -0.2) is 0 Å². The summed E-state index contributed by atoms with van der Waals surface area (Å²) in [6, 6.07) is 0.591. The minimum atomic E-state index is -0.350. The Bertz CT molecular complexity index is 243. The van der Waals surface area contributed by atoms with E-state index in [0.717, 1.165) is 24.4 Å². The normalized spacial score (nSPS) is 33.8. The van der Waals surface area contributed by atoms with Crippen LogP contribution in [0.15, 0.2) is 0 Å². The SMILES string of the molecule is CCC1CCC(NCC(O)COCC2CC2)C1C. The fourth-order valence-electron chi connectivity index (χ4n) is 3.11. The first-order valence-corrected chi connectivity index (χ1v) is 7.69. The maximum Gasteiger partial charge on any atom is 0.0897 e. The van der Waals surface area contributed by atoms with Crippen molar-refractivity contribution in [2.75, 3.05) is 19.8 Å². The third-order valence-electron chi connectivity index (χ3n) is 4.73. The molecule has 4 unspecified atom stereocenters. The maximum absolute atomic E-state index is 9.86. The van der Waals surface area contributed by atoms with Crippen molar-refractivity contribution in [3.8, 4) is 0 Å². The first kappa shape index (κ1) is 14.3. The average Bonchev–Trinajstić information content (AvgIpc) is 3.11. The smallest absolute Gasteiger partial charge is 0.0897 e. The van der Waals surface area contributed by atoms with Gasteiger partial charge < -0.3 is 15.2 Å². The van der Waals surface area contributed by atoms with E-state index < -0.39 is 0 Å². The molecule has 0 aromatic rings. The fraction of sp³-hybridized carbons (Fsp3) is 1.00. The predicted molar refractivity (Wildman–Crippen MR) is 73.5 cm³/mol. The highest BCUT2D eigenvalue weighted by Crippen LogP contribution is 2.33. The molecule has 2 N–H and O–H groups in total. The Labute approximate surface area is 111 Å². The van der Waals surface area contributed by atoms with Gasteiger partial charge in [0, 0.05) is 19.2 Å². The van der Waals surface area contributed by atoms with Crippen LogP contribution in [-0.4, -0.2) is 37.0 Å². The molecule has 106 valence electrons. The zero-order valence-electron chi connectivity index (χ0n) is 11.9. The third-order valence-corrected chi connectivity index (χ3v) is 4.73. The lowest BCUT2D eigenvalue weighted by Gasteiger charge is -2.22. The van der Waals surface area contributed by atoms with Crippen molar-refractivity contribution < 1.29 is 9.84 Å². The second kappa shape index (κ2) is 6.88. The summed E-state index contributed by atoms with van der Waals surface area (Å²) < 4.78 is 5.51. The van der Waals surface area contributed by atoms with Crippen LogP contribution in [0.4, 0.5) is 0 Å². The summed E-state index contributed by atoms with van der Waals surface area (Å²) in [4.78, 5) is 0. The van der Waals surface area contributed by atoms with Gasteiger partial charge in [-0.1, -0.05) is 20.3 Å². The molecular formula is C15H29NO2. The van der Waals surface area contributed by atoms with E-state index in [1.165, 1.54) is 32.1 Å². The van der Waals surface area contributed by atoms with E-state index >= 15 is 0 Å². The highest BCUT2D eigenvalue weighted by atomic mass is 16.5. The van der Waals surface area contributed by atoms with Crippen molar-refractivity contribution in [2.45, 2.75) is 58.1 Å². The zero-order valence-corrected chi connectivity index (χ0v) is 11.9. The van der Waals surface area contributed by atoms with Crippen LogP contribution >= 0.6 is 0 Å². The van der Waals surface area contributed by atoms with Crippen LogP contribution in [0.1, 0.15) is 46.0 Å². The second-order valence-corrected chi connectivity index (χ2v) is 6.25. The summed E-state index contributed by atoms with van der Waals surface area (Å²) >= 11 is 0. The maximum atomic E-state index is 9.86. The van der Waals surface area contributed by atoms with E-state index in [-0.39, 0.29) is 6.10 Å². The van der Waals surface area contributed by atoms with Gasteiger partial charge in [0.05, 0.1) is 12.7 Å². The minimum Gasteiger partial charge on any atom is -0.389 e. The summed E-state index contributed by atoms with van der Waals surface area (Å²) in [6.07, 6.45) is 6.15. The summed E-state index contributed by atoms with van der Waals surface area (Å²) in [6.45, 7) is 6.63. The molecule has 0 spiro atoms. The van der Waals surface area contributed by atoms with Crippen molar-refractivity contribution in [3.63, 3.8) is 0 Å². The second-order valence-electron chi connectivity index (χ2n) is 6.25. The Morgan fingerprint density at radius 2 is 2.06 bits per heavy atom. The quantitative estimate of drug-likeness (QED) is 0.698. The lowest BCUT2D eigenvalue weighted by Crippen LogP contribution is -2.39. The lowest BCUT2D eigenvalue weighted by molar-refractivity contribution is 0.0306. The Balaban J connectivity index is 1.55. The van der Waals surface area contributed by atoms with Gasteiger partial charge in [-0.2, -0.15) is 0 Å². The molecule has 0 amide bonds. The van der Waals surface area contributed by atoms with Crippen LogP contribution in [0.25, 0.3) is 0 Å². The van der Waals surface area contributed by atoms with Gasteiger partial charge in [0.25, 0.3) is 0 Å². The lowest BCUT2D eigenvalue weighted by atomic mass is 9.93. The van der Waals surface area contributed by atoms with E-state index in [4.69, 9.17) is 4.74 Å². The number of aliphatic hydroxyl groups excluding tert-OH is 1. The number of hydrogen-bond donors (Lipinski definition) is 2. The van der Waals surface area contributed by atoms with Crippen LogP contribution in [0, 0.1) is 17.8 Å². The molecule has 2 aliphatic carbocycles. The Kier molecular flexibility index (Phi) is 5.46. The van der Waals surface area contributed by atoms with E-state index in [1.54, 1.807) is 0 Å². The van der Waals surface area contributed by atoms with Gasteiger partial charge in [0.2, 0.25) is 0 Å². The molecule has 0 bridgehead atoms. The monoisotopic (exact) mass is 255 g/mol. The molecule has 2 fully saturated rings. The van der Waals surface area contributed by atoms with Crippen molar-refractivity contribution in [1.29, 1.82) is 0 Å². The molecule has 2 saturated carbocycles. The summed E-state index contributed by atoms with van der Waals surface area (Å²) in [5.74, 6) is 2.39. The predicted octanol–water partition coefficient (Wildman–Crippen LogP) is 2.19. The molecular weight excluding hydrogens is 226 g/mol. The molecule has 2 aliphatic rings. The molecule has 4 atom stereocenters. The summed E-state index contributed by atoms with van der Waals surface area (Å²) in [7, 11) is 0. The average molecular weight is 255 g/mol. The van der Waals surface area contributed by atoms with Crippen LogP contribution in [0.3, 0.4) is 0 Å². The van der Waals surface area contributed by atoms with Crippen molar-refractivity contribution in [2.24, 2.45) is 17.8 Å². The fourth-order valence-corrected chi connectivity index (χ4v) is 3.11. The first-order chi connectivity index (χ1) is 8.70. The van der Waals surface area contributed by atoms with Gasteiger partial charge in [-0.15, -0.1) is 0 Å². The largest absolute Gasteiger partial charge is 0.389 e. The van der Waals surface area contributed by atoms with Crippen LogP contribution in [-0.2, 0) is 4.74 Å². The van der Waals surface area contributed by atoms with Gasteiger partial charge in [-0.3, -0.25) is 0 Å². The molecule has 0 aromatic heterocycles. The standard InChI is InChI=1S/C15H29NO2/c1-3-13-6-7-15(11(13)2)16-8-14(17)10-18-9-12-4-5-12/h11-17H,3-10H2,1-2H3. The molecule has 0 heterocycles. The van der Waals surface area contributed by atoms with E-state index in [9.17, 15) is 5.11 Å². The zero-order chi connectivity index (χ0) is 13.0. The first-order valence-electron chi connectivity index (χ1n) is 7.69. The van der Waals surface area contributed by atoms with Crippen molar-refractivity contribution in [1.82, 2.24) is 5.32 Å². The van der Waals surface area contributed by atoms with Crippen LogP contribution < -0.4 is 5.32 Å². The number of ether oxygens (including phenoxy) is 1. The van der Waals surface area contributed by atoms with Crippen molar-refractivity contribution >= 4 is 0 Å². The van der Waals surface area contributed by atoms with Gasteiger partial charge in [0.15, 0.2) is 0 Å². The Morgan fingerprint density at radius 3 is 2.67 bits per heavy atom. The van der Waals surface area contributed by atoms with Crippen LogP contribution in [0.5, 0.6) is 0 Å². The van der Waals surface area contributed by atoms with Crippen LogP contribution in [0.2, 0.25) is 0 Å². The van der Waals surface area contributed by atoms with E-state index in [1.807, 2.05) is 0 Å². The molecule has 0 aromatic carbocycles. The molecule has 0 radical (unpaired) electrons. The highest BCUT2D eigenvalue weighted by Gasteiger charge is 2.31. The molecule has 3 nitrogen and oxygen atoms in total. The molecule has 0 aliphatic heterocycles. The molecule has 0 saturated heterocycles. The number of hydrogen-bond acceptors (Lipinski definition) is 3. The van der Waals surface area contributed by atoms with Gasteiger partial charge >= 0.3 is 0 Å².